The first-order valence-corrected chi connectivity index (χ1v) is 11.6. The van der Waals surface area contributed by atoms with Crippen molar-refractivity contribution in [2.24, 2.45) is 0 Å². The van der Waals surface area contributed by atoms with Crippen molar-refractivity contribution in [3.63, 3.8) is 0 Å². The average Bonchev–Trinajstić information content (AvgIpc) is 2.89. The lowest BCUT2D eigenvalue weighted by Crippen LogP contribution is -2.12. The molecule has 188 valence electrons. The highest BCUT2D eigenvalue weighted by atomic mass is 35.5. The molecule has 3 rings (SSSR count). The number of methoxy groups -OCH3 is 2. The minimum Gasteiger partial charge on any atom is -0.481 e. The third-order valence-electron chi connectivity index (χ3n) is 4.89. The summed E-state index contributed by atoms with van der Waals surface area (Å²) in [5, 5.41) is 0.324. The van der Waals surface area contributed by atoms with Crippen LogP contribution in [0, 0.1) is 0 Å². The summed E-state index contributed by atoms with van der Waals surface area (Å²) in [4.78, 5) is 0. The van der Waals surface area contributed by atoms with Gasteiger partial charge in [-0.05, 0) is 11.1 Å². The summed E-state index contributed by atoms with van der Waals surface area (Å²) < 4.78 is 38.9. The van der Waals surface area contributed by atoms with Crippen LogP contribution in [0.3, 0.4) is 0 Å². The fourth-order valence-corrected chi connectivity index (χ4v) is 3.44. The molecule has 0 heterocycles. The molecule has 0 saturated carbocycles. The van der Waals surface area contributed by atoms with Crippen LogP contribution in [0.1, 0.15) is 17.2 Å². The van der Waals surface area contributed by atoms with E-state index < -0.39 is 0 Å². The molecular weight excluding hydrogens is 472 g/mol. The van der Waals surface area contributed by atoms with Crippen molar-refractivity contribution in [2.75, 3.05) is 54.2 Å². The molecule has 0 spiro atoms. The number of halogens is 1. The maximum atomic E-state index is 6.59. The molecular formula is C27H31ClO7. The Morgan fingerprint density at radius 3 is 1.77 bits per heavy atom. The predicted octanol–water partition coefficient (Wildman–Crippen LogP) is 5.51. The zero-order valence-electron chi connectivity index (χ0n) is 20.0. The molecule has 0 aliphatic rings. The van der Waals surface area contributed by atoms with Gasteiger partial charge < -0.3 is 33.2 Å². The molecule has 0 saturated heterocycles. The quantitative estimate of drug-likeness (QED) is 0.189. The lowest BCUT2D eigenvalue weighted by atomic mass is 10.0. The fraction of sp³-hybridized carbons (Fsp3) is 0.333. The minimum absolute atomic E-state index is 0.00909. The predicted molar refractivity (Wildman–Crippen MR) is 133 cm³/mol. The molecule has 35 heavy (non-hydrogen) atoms. The Balaban J connectivity index is 1.82. The summed E-state index contributed by atoms with van der Waals surface area (Å²) in [6.07, 6.45) is -0.344. The maximum Gasteiger partial charge on any atom is 0.189 e. The standard InChI is InChI=1S/C27H31ClO7/c1-29-13-15-31-19-33-25-18-23(17-24(28)27(25)34-20-32-16-14-30-2)35-26(21-9-5-3-6-10-21)22-11-7-4-8-12-22/h3-12,17-18,26H,13-16,19-20H2,1-2H3. The number of rotatable bonds is 16. The zero-order valence-corrected chi connectivity index (χ0v) is 20.7. The third-order valence-corrected chi connectivity index (χ3v) is 5.17. The first-order chi connectivity index (χ1) is 17.2. The highest BCUT2D eigenvalue weighted by Gasteiger charge is 2.19. The Morgan fingerprint density at radius 1 is 0.686 bits per heavy atom. The average molecular weight is 503 g/mol. The molecule has 0 N–H and O–H groups in total. The van der Waals surface area contributed by atoms with Crippen molar-refractivity contribution in [2.45, 2.75) is 6.10 Å². The fourth-order valence-electron chi connectivity index (χ4n) is 3.19. The first-order valence-electron chi connectivity index (χ1n) is 11.2. The molecule has 3 aromatic carbocycles. The number of ether oxygens (including phenoxy) is 7. The summed E-state index contributed by atoms with van der Waals surface area (Å²) in [6, 6.07) is 23.4. The molecule has 0 radical (unpaired) electrons. The van der Waals surface area contributed by atoms with Crippen molar-refractivity contribution in [3.8, 4) is 17.2 Å². The van der Waals surface area contributed by atoms with Crippen LogP contribution >= 0.6 is 11.6 Å². The van der Waals surface area contributed by atoms with E-state index in [1.807, 2.05) is 60.7 Å². The third kappa shape index (κ3) is 8.72. The van der Waals surface area contributed by atoms with Gasteiger partial charge in [0.25, 0.3) is 0 Å². The lowest BCUT2D eigenvalue weighted by Gasteiger charge is -2.22. The van der Waals surface area contributed by atoms with Crippen LogP contribution in [0.2, 0.25) is 5.02 Å². The van der Waals surface area contributed by atoms with Crippen molar-refractivity contribution in [1.82, 2.24) is 0 Å². The highest BCUT2D eigenvalue weighted by Crippen LogP contribution is 2.41. The van der Waals surface area contributed by atoms with E-state index in [1.54, 1.807) is 26.4 Å². The molecule has 0 bridgehead atoms. The molecule has 0 aliphatic heterocycles. The smallest absolute Gasteiger partial charge is 0.189 e. The van der Waals surface area contributed by atoms with Crippen LogP contribution in [0.4, 0.5) is 0 Å². The van der Waals surface area contributed by atoms with E-state index in [0.717, 1.165) is 11.1 Å². The van der Waals surface area contributed by atoms with Crippen LogP contribution in [-0.4, -0.2) is 54.2 Å². The van der Waals surface area contributed by atoms with Gasteiger partial charge >= 0.3 is 0 Å². The lowest BCUT2D eigenvalue weighted by molar-refractivity contribution is -0.0208. The van der Waals surface area contributed by atoms with Crippen LogP contribution in [0.5, 0.6) is 17.2 Å². The normalized spacial score (nSPS) is 11.0. The number of benzene rings is 3. The van der Waals surface area contributed by atoms with Gasteiger partial charge in [-0.2, -0.15) is 0 Å². The Labute approximate surface area is 211 Å². The summed E-state index contributed by atoms with van der Waals surface area (Å²) in [5.41, 5.74) is 2.01. The Hall–Kier alpha value is -2.81. The van der Waals surface area contributed by atoms with Crippen molar-refractivity contribution < 1.29 is 33.2 Å². The molecule has 8 heteroatoms. The van der Waals surface area contributed by atoms with Crippen LogP contribution in [0.25, 0.3) is 0 Å². The van der Waals surface area contributed by atoms with Crippen molar-refractivity contribution in [1.29, 1.82) is 0 Å². The van der Waals surface area contributed by atoms with Gasteiger partial charge in [-0.1, -0.05) is 72.3 Å². The van der Waals surface area contributed by atoms with E-state index in [1.165, 1.54) is 0 Å². The minimum atomic E-state index is -0.344. The first kappa shape index (κ1) is 26.8. The van der Waals surface area contributed by atoms with Crippen LogP contribution < -0.4 is 14.2 Å². The maximum absolute atomic E-state index is 6.59. The van der Waals surface area contributed by atoms with E-state index in [0.29, 0.717) is 48.7 Å². The van der Waals surface area contributed by atoms with Crippen LogP contribution in [-0.2, 0) is 18.9 Å². The summed E-state index contributed by atoms with van der Waals surface area (Å²) in [5.74, 6) is 1.23. The summed E-state index contributed by atoms with van der Waals surface area (Å²) in [6.45, 7) is 1.68. The second-order valence-electron chi connectivity index (χ2n) is 7.38. The Morgan fingerprint density at radius 2 is 1.23 bits per heavy atom. The highest BCUT2D eigenvalue weighted by molar-refractivity contribution is 6.32. The van der Waals surface area contributed by atoms with Gasteiger partial charge in [-0.25, -0.2) is 0 Å². The number of hydrogen-bond donors (Lipinski definition) is 0. The number of hydrogen-bond acceptors (Lipinski definition) is 7. The van der Waals surface area contributed by atoms with Gasteiger partial charge in [0.1, 0.15) is 11.9 Å². The molecule has 7 nitrogen and oxygen atoms in total. The summed E-state index contributed by atoms with van der Waals surface area (Å²) >= 11 is 6.59. The Kier molecular flexibility index (Phi) is 11.7. The second-order valence-corrected chi connectivity index (χ2v) is 7.79. The van der Waals surface area contributed by atoms with Gasteiger partial charge in [-0.15, -0.1) is 0 Å². The molecule has 0 aromatic heterocycles. The van der Waals surface area contributed by atoms with E-state index in [9.17, 15) is 0 Å². The molecule has 0 amide bonds. The van der Waals surface area contributed by atoms with Gasteiger partial charge in [-0.3, -0.25) is 0 Å². The van der Waals surface area contributed by atoms with Crippen molar-refractivity contribution >= 4 is 11.6 Å². The van der Waals surface area contributed by atoms with Gasteiger partial charge in [0.05, 0.1) is 31.5 Å². The topological polar surface area (TPSA) is 64.6 Å². The van der Waals surface area contributed by atoms with Gasteiger partial charge in [0, 0.05) is 26.4 Å². The van der Waals surface area contributed by atoms with Crippen molar-refractivity contribution in [3.05, 3.63) is 88.9 Å². The molecule has 0 atom stereocenters. The Bertz CT molecular complexity index is 946. The summed E-state index contributed by atoms with van der Waals surface area (Å²) in [7, 11) is 3.21. The van der Waals surface area contributed by atoms with Gasteiger partial charge in [0.2, 0.25) is 0 Å². The molecule has 0 aliphatic carbocycles. The monoisotopic (exact) mass is 502 g/mol. The molecule has 3 aromatic rings. The van der Waals surface area contributed by atoms with E-state index >= 15 is 0 Å². The zero-order chi connectivity index (χ0) is 24.7. The second kappa shape index (κ2) is 15.2. The molecule has 0 unspecified atom stereocenters. The largest absolute Gasteiger partial charge is 0.481 e. The van der Waals surface area contributed by atoms with E-state index in [-0.39, 0.29) is 19.7 Å². The SMILES string of the molecule is COCCOCOc1cc(OC(c2ccccc2)c2ccccc2)cc(Cl)c1OCOCCOC. The van der Waals surface area contributed by atoms with Crippen LogP contribution in [0.15, 0.2) is 72.8 Å². The van der Waals surface area contributed by atoms with E-state index in [2.05, 4.69) is 0 Å². The van der Waals surface area contributed by atoms with Gasteiger partial charge in [0.15, 0.2) is 25.1 Å². The molecule has 0 fully saturated rings. The van der Waals surface area contributed by atoms with E-state index in [4.69, 9.17) is 44.8 Å².